The van der Waals surface area contributed by atoms with Crippen molar-refractivity contribution < 1.29 is 0 Å². The number of aromatic nitrogens is 1. The van der Waals surface area contributed by atoms with E-state index in [4.69, 9.17) is 0 Å². The Morgan fingerprint density at radius 2 is 2.20 bits per heavy atom. The summed E-state index contributed by atoms with van der Waals surface area (Å²) in [5.41, 5.74) is 2.18. The van der Waals surface area contributed by atoms with Crippen molar-refractivity contribution in [2.45, 2.75) is 51.6 Å². The molecule has 1 aromatic heterocycles. The Bertz CT molecular complexity index is 287. The Hall–Kier alpha value is -0.410. The van der Waals surface area contributed by atoms with Crippen LogP contribution in [0, 0.1) is 5.92 Å². The van der Waals surface area contributed by atoms with Crippen molar-refractivity contribution in [2.75, 3.05) is 0 Å². The zero-order valence-corrected chi connectivity index (χ0v) is 10.4. The van der Waals surface area contributed by atoms with E-state index in [1.54, 1.807) is 11.3 Å². The van der Waals surface area contributed by atoms with Gasteiger partial charge in [0.1, 0.15) is 0 Å². The summed E-state index contributed by atoms with van der Waals surface area (Å²) in [6.45, 7) is 5.64. The molecule has 84 valence electrons. The first kappa shape index (κ1) is 11.1. The molecule has 0 bridgehead atoms. The Morgan fingerprint density at radius 3 is 2.80 bits per heavy atom. The van der Waals surface area contributed by atoms with Gasteiger partial charge in [0, 0.05) is 23.2 Å². The minimum Gasteiger partial charge on any atom is -0.307 e. The number of hydrogen-bond donors (Lipinski definition) is 1. The standard InChI is InChI=1S/C12H20N2S/c1-12(2,10-5-3-4-6-10)14-8-11-7-13-9-15-11/h7,9-10,14H,3-6,8H2,1-2H3. The van der Waals surface area contributed by atoms with Crippen LogP contribution in [-0.4, -0.2) is 10.5 Å². The molecule has 1 fully saturated rings. The van der Waals surface area contributed by atoms with Crippen LogP contribution in [0.3, 0.4) is 0 Å². The Morgan fingerprint density at radius 1 is 1.47 bits per heavy atom. The number of nitrogens with one attached hydrogen (secondary N) is 1. The number of rotatable bonds is 4. The van der Waals surface area contributed by atoms with Crippen LogP contribution in [0.15, 0.2) is 11.7 Å². The SMILES string of the molecule is CC(C)(NCc1cncs1)C1CCCC1. The monoisotopic (exact) mass is 224 g/mol. The van der Waals surface area contributed by atoms with Gasteiger partial charge < -0.3 is 5.32 Å². The quantitative estimate of drug-likeness (QED) is 0.849. The zero-order chi connectivity index (χ0) is 10.7. The lowest BCUT2D eigenvalue weighted by Gasteiger charge is -2.32. The molecule has 2 nitrogen and oxygen atoms in total. The summed E-state index contributed by atoms with van der Waals surface area (Å²) in [6.07, 6.45) is 7.57. The molecule has 1 heterocycles. The van der Waals surface area contributed by atoms with Gasteiger partial charge in [0.15, 0.2) is 0 Å². The first-order chi connectivity index (χ1) is 7.18. The van der Waals surface area contributed by atoms with Crippen LogP contribution < -0.4 is 5.32 Å². The molecule has 0 aromatic carbocycles. The lowest BCUT2D eigenvalue weighted by Crippen LogP contribution is -2.44. The molecule has 1 N–H and O–H groups in total. The largest absolute Gasteiger partial charge is 0.307 e. The summed E-state index contributed by atoms with van der Waals surface area (Å²) in [6, 6.07) is 0. The fourth-order valence-corrected chi connectivity index (χ4v) is 2.97. The van der Waals surface area contributed by atoms with Gasteiger partial charge in [-0.05, 0) is 32.6 Å². The van der Waals surface area contributed by atoms with E-state index in [9.17, 15) is 0 Å². The summed E-state index contributed by atoms with van der Waals surface area (Å²) in [4.78, 5) is 5.43. The molecule has 3 heteroatoms. The summed E-state index contributed by atoms with van der Waals surface area (Å²) in [5.74, 6) is 0.852. The minimum absolute atomic E-state index is 0.278. The van der Waals surface area contributed by atoms with Gasteiger partial charge in [-0.15, -0.1) is 11.3 Å². The maximum atomic E-state index is 4.10. The second-order valence-electron chi connectivity index (χ2n) is 5.02. The van der Waals surface area contributed by atoms with Crippen molar-refractivity contribution in [3.05, 3.63) is 16.6 Å². The van der Waals surface area contributed by atoms with E-state index in [-0.39, 0.29) is 5.54 Å². The highest BCUT2D eigenvalue weighted by Gasteiger charge is 2.31. The third-order valence-corrected chi connectivity index (χ3v) is 4.36. The highest BCUT2D eigenvalue weighted by atomic mass is 32.1. The molecular weight excluding hydrogens is 204 g/mol. The van der Waals surface area contributed by atoms with Crippen molar-refractivity contribution in [3.8, 4) is 0 Å². The Kier molecular flexibility index (Phi) is 3.42. The van der Waals surface area contributed by atoms with Crippen molar-refractivity contribution in [1.82, 2.24) is 10.3 Å². The first-order valence-corrected chi connectivity index (χ1v) is 6.69. The van der Waals surface area contributed by atoms with E-state index >= 15 is 0 Å². The topological polar surface area (TPSA) is 24.9 Å². The Labute approximate surface area is 96.1 Å². The normalized spacial score (nSPS) is 18.5. The molecular formula is C12H20N2S. The maximum absolute atomic E-state index is 4.10. The first-order valence-electron chi connectivity index (χ1n) is 5.81. The average molecular weight is 224 g/mol. The summed E-state index contributed by atoms with van der Waals surface area (Å²) < 4.78 is 0. The second-order valence-corrected chi connectivity index (χ2v) is 6.00. The molecule has 0 saturated heterocycles. The summed E-state index contributed by atoms with van der Waals surface area (Å²) in [7, 11) is 0. The van der Waals surface area contributed by atoms with Crippen molar-refractivity contribution in [2.24, 2.45) is 5.92 Å². The van der Waals surface area contributed by atoms with Crippen LogP contribution in [0.1, 0.15) is 44.4 Å². The van der Waals surface area contributed by atoms with Crippen LogP contribution in [0.2, 0.25) is 0 Å². The minimum atomic E-state index is 0.278. The van der Waals surface area contributed by atoms with Gasteiger partial charge in [0.2, 0.25) is 0 Å². The lowest BCUT2D eigenvalue weighted by molar-refractivity contribution is 0.255. The fourth-order valence-electron chi connectivity index (χ4n) is 2.44. The molecule has 0 atom stereocenters. The molecule has 0 aliphatic heterocycles. The molecule has 15 heavy (non-hydrogen) atoms. The van der Waals surface area contributed by atoms with Gasteiger partial charge in [-0.25, -0.2) is 0 Å². The van der Waals surface area contributed by atoms with E-state index in [0.29, 0.717) is 0 Å². The maximum Gasteiger partial charge on any atom is 0.0794 e. The predicted molar refractivity (Wildman–Crippen MR) is 65.0 cm³/mol. The molecule has 1 aliphatic carbocycles. The molecule has 0 unspecified atom stereocenters. The van der Waals surface area contributed by atoms with Crippen LogP contribution in [0.25, 0.3) is 0 Å². The summed E-state index contributed by atoms with van der Waals surface area (Å²) >= 11 is 1.73. The molecule has 0 spiro atoms. The van der Waals surface area contributed by atoms with Gasteiger partial charge in [0.25, 0.3) is 0 Å². The number of nitrogens with zero attached hydrogens (tertiary/aromatic N) is 1. The zero-order valence-electron chi connectivity index (χ0n) is 9.62. The van der Waals surface area contributed by atoms with E-state index in [0.717, 1.165) is 12.5 Å². The van der Waals surface area contributed by atoms with E-state index in [1.165, 1.54) is 30.6 Å². The highest BCUT2D eigenvalue weighted by molar-refractivity contribution is 7.09. The lowest BCUT2D eigenvalue weighted by atomic mass is 9.86. The average Bonchev–Trinajstić information content (AvgIpc) is 2.88. The second kappa shape index (κ2) is 4.62. The summed E-state index contributed by atoms with van der Waals surface area (Å²) in [5, 5.41) is 3.67. The molecule has 0 amide bonds. The van der Waals surface area contributed by atoms with Gasteiger partial charge in [-0.3, -0.25) is 4.98 Å². The molecule has 1 aliphatic rings. The van der Waals surface area contributed by atoms with Crippen LogP contribution >= 0.6 is 11.3 Å². The number of thiazole rings is 1. The van der Waals surface area contributed by atoms with Gasteiger partial charge in [-0.1, -0.05) is 12.8 Å². The molecule has 1 saturated carbocycles. The van der Waals surface area contributed by atoms with Crippen LogP contribution in [0.4, 0.5) is 0 Å². The van der Waals surface area contributed by atoms with Gasteiger partial charge in [0.05, 0.1) is 5.51 Å². The van der Waals surface area contributed by atoms with E-state index < -0.39 is 0 Å². The van der Waals surface area contributed by atoms with Crippen LogP contribution in [0.5, 0.6) is 0 Å². The smallest absolute Gasteiger partial charge is 0.0794 e. The fraction of sp³-hybridized carbons (Fsp3) is 0.750. The third-order valence-electron chi connectivity index (χ3n) is 3.58. The van der Waals surface area contributed by atoms with Crippen molar-refractivity contribution in [3.63, 3.8) is 0 Å². The van der Waals surface area contributed by atoms with Crippen LogP contribution in [-0.2, 0) is 6.54 Å². The van der Waals surface area contributed by atoms with E-state index in [1.807, 2.05) is 11.7 Å². The third kappa shape index (κ3) is 2.79. The Balaban J connectivity index is 1.86. The molecule has 0 radical (unpaired) electrons. The molecule has 1 aromatic rings. The molecule has 2 rings (SSSR count). The number of hydrogen-bond acceptors (Lipinski definition) is 3. The van der Waals surface area contributed by atoms with Gasteiger partial charge in [-0.2, -0.15) is 0 Å². The highest BCUT2D eigenvalue weighted by Crippen LogP contribution is 2.33. The van der Waals surface area contributed by atoms with Crippen molar-refractivity contribution in [1.29, 1.82) is 0 Å². The van der Waals surface area contributed by atoms with E-state index in [2.05, 4.69) is 24.1 Å². The van der Waals surface area contributed by atoms with Gasteiger partial charge >= 0.3 is 0 Å². The van der Waals surface area contributed by atoms with Crippen molar-refractivity contribution >= 4 is 11.3 Å². The predicted octanol–water partition coefficient (Wildman–Crippen LogP) is 3.20.